The summed E-state index contributed by atoms with van der Waals surface area (Å²) >= 11 is 0. The van der Waals surface area contributed by atoms with E-state index in [2.05, 4.69) is 0 Å². The van der Waals surface area contributed by atoms with Crippen molar-refractivity contribution in [1.29, 1.82) is 0 Å². The summed E-state index contributed by atoms with van der Waals surface area (Å²) in [6.45, 7) is 4.44. The summed E-state index contributed by atoms with van der Waals surface area (Å²) in [7, 11) is 2.61. The molecule has 7 heteroatoms. The van der Waals surface area contributed by atoms with E-state index in [1.54, 1.807) is 24.3 Å². The van der Waals surface area contributed by atoms with E-state index in [1.165, 1.54) is 20.3 Å². The molecule has 29 heavy (non-hydrogen) atoms. The van der Waals surface area contributed by atoms with E-state index in [4.69, 9.17) is 18.6 Å². The quantitative estimate of drug-likeness (QED) is 0.600. The van der Waals surface area contributed by atoms with Crippen molar-refractivity contribution in [2.75, 3.05) is 20.8 Å². The highest BCUT2D eigenvalue weighted by Gasteiger charge is 2.23. The second kappa shape index (κ2) is 8.18. The van der Waals surface area contributed by atoms with Crippen molar-refractivity contribution in [3.63, 3.8) is 0 Å². The van der Waals surface area contributed by atoms with Gasteiger partial charge in [0.2, 0.25) is 16.9 Å². The molecule has 0 bridgehead atoms. The Hall–Kier alpha value is -3.61. The van der Waals surface area contributed by atoms with Crippen LogP contribution in [-0.4, -0.2) is 31.0 Å². The average molecular weight is 398 g/mol. The Kier molecular flexibility index (Phi) is 5.68. The molecule has 2 N–H and O–H groups in total. The number of phenols is 2. The topological polar surface area (TPSA) is 98.4 Å². The molecular formula is C22H22O7. The Morgan fingerprint density at radius 1 is 1.07 bits per heavy atom. The van der Waals surface area contributed by atoms with Crippen molar-refractivity contribution < 1.29 is 28.8 Å². The van der Waals surface area contributed by atoms with Gasteiger partial charge in [0.25, 0.3) is 0 Å². The van der Waals surface area contributed by atoms with Crippen molar-refractivity contribution in [1.82, 2.24) is 0 Å². The number of rotatable bonds is 6. The van der Waals surface area contributed by atoms with Gasteiger partial charge in [0.05, 0.1) is 14.2 Å². The van der Waals surface area contributed by atoms with Crippen LogP contribution in [-0.2, 0) is 0 Å². The predicted octanol–water partition coefficient (Wildman–Crippen LogP) is 4.23. The van der Waals surface area contributed by atoms with Gasteiger partial charge in [-0.3, -0.25) is 4.79 Å². The van der Waals surface area contributed by atoms with Gasteiger partial charge in [0.15, 0.2) is 17.3 Å². The number of hydrogen-bond donors (Lipinski definition) is 2. The largest absolute Gasteiger partial charge is 0.504 e. The summed E-state index contributed by atoms with van der Waals surface area (Å²) in [5.41, 5.74) is 1.16. The molecule has 3 aromatic rings. The lowest BCUT2D eigenvalue weighted by atomic mass is 10.1. The summed E-state index contributed by atoms with van der Waals surface area (Å²) < 4.78 is 21.7. The summed E-state index contributed by atoms with van der Waals surface area (Å²) in [6.07, 6.45) is 1.96. The lowest BCUT2D eigenvalue weighted by Gasteiger charge is -2.12. The molecule has 0 fully saturated rings. The molecule has 0 aliphatic heterocycles. The molecule has 0 unspecified atom stereocenters. The van der Waals surface area contributed by atoms with Gasteiger partial charge in [-0.15, -0.1) is 0 Å². The third-order valence-corrected chi connectivity index (χ3v) is 4.32. The fourth-order valence-corrected chi connectivity index (χ4v) is 2.87. The first-order valence-electron chi connectivity index (χ1n) is 8.87. The number of phenolic OH excluding ortho intramolecular Hbond substituents is 2. The average Bonchev–Trinajstić information content (AvgIpc) is 2.68. The summed E-state index contributed by atoms with van der Waals surface area (Å²) in [6, 6.07) is 8.18. The standard InChI is InChI=1S/C22H22O7/c1-12(2)9-10-28-14-7-5-13(6-8-14)20-22(27-4)19(25)17-16(29-20)11-15(23)21(26-3)18(17)24/h5-9,11,23-24H,10H2,1-4H3. The minimum Gasteiger partial charge on any atom is -0.504 e. The van der Waals surface area contributed by atoms with E-state index in [9.17, 15) is 15.0 Å². The molecule has 0 saturated heterocycles. The zero-order chi connectivity index (χ0) is 21.1. The van der Waals surface area contributed by atoms with E-state index >= 15 is 0 Å². The highest BCUT2D eigenvalue weighted by atomic mass is 16.5. The molecule has 2 aromatic carbocycles. The van der Waals surface area contributed by atoms with Gasteiger partial charge >= 0.3 is 0 Å². The molecule has 0 atom stereocenters. The Morgan fingerprint density at radius 3 is 2.31 bits per heavy atom. The van der Waals surface area contributed by atoms with E-state index in [0.717, 1.165) is 5.57 Å². The van der Waals surface area contributed by atoms with E-state index in [-0.39, 0.29) is 34.0 Å². The second-order valence-corrected chi connectivity index (χ2v) is 6.56. The Labute approximate surface area is 167 Å². The highest BCUT2D eigenvalue weighted by Crippen LogP contribution is 2.43. The minimum absolute atomic E-state index is 0.00508. The normalized spacial score (nSPS) is 10.6. The van der Waals surface area contributed by atoms with Gasteiger partial charge in [-0.25, -0.2) is 0 Å². The molecule has 7 nitrogen and oxygen atoms in total. The maximum Gasteiger partial charge on any atom is 0.239 e. The first-order valence-corrected chi connectivity index (χ1v) is 8.87. The molecule has 152 valence electrons. The molecule has 0 aliphatic carbocycles. The fraction of sp³-hybridized carbons (Fsp3) is 0.227. The molecule has 0 amide bonds. The number of benzene rings is 2. The second-order valence-electron chi connectivity index (χ2n) is 6.56. The van der Waals surface area contributed by atoms with Gasteiger partial charge in [-0.1, -0.05) is 5.57 Å². The van der Waals surface area contributed by atoms with Crippen LogP contribution >= 0.6 is 0 Å². The number of fused-ring (bicyclic) bond motifs is 1. The first-order chi connectivity index (χ1) is 13.9. The summed E-state index contributed by atoms with van der Waals surface area (Å²) in [4.78, 5) is 12.9. The maximum absolute atomic E-state index is 12.9. The van der Waals surface area contributed by atoms with Crippen LogP contribution in [0.1, 0.15) is 13.8 Å². The molecule has 3 rings (SSSR count). The van der Waals surface area contributed by atoms with Gasteiger partial charge < -0.3 is 28.8 Å². The molecule has 0 saturated carbocycles. The van der Waals surface area contributed by atoms with Gasteiger partial charge in [0.1, 0.15) is 23.3 Å². The molecule has 1 aromatic heterocycles. The van der Waals surface area contributed by atoms with Crippen LogP contribution in [0.3, 0.4) is 0 Å². The van der Waals surface area contributed by atoms with Crippen molar-refractivity contribution in [2.45, 2.75) is 13.8 Å². The number of aromatic hydroxyl groups is 2. The number of methoxy groups -OCH3 is 2. The molecular weight excluding hydrogens is 376 g/mol. The monoisotopic (exact) mass is 398 g/mol. The third-order valence-electron chi connectivity index (χ3n) is 4.32. The van der Waals surface area contributed by atoms with Gasteiger partial charge in [-0.2, -0.15) is 0 Å². The lowest BCUT2D eigenvalue weighted by Crippen LogP contribution is -2.08. The smallest absolute Gasteiger partial charge is 0.239 e. The molecule has 0 aliphatic rings. The third kappa shape index (κ3) is 3.85. The van der Waals surface area contributed by atoms with Crippen LogP contribution in [0.15, 0.2) is 51.2 Å². The Bertz CT molecular complexity index is 1120. The molecule has 0 radical (unpaired) electrons. The molecule has 0 spiro atoms. The van der Waals surface area contributed by atoms with Crippen LogP contribution < -0.4 is 19.6 Å². The number of allylic oxidation sites excluding steroid dienone is 1. The maximum atomic E-state index is 12.9. The van der Waals surface area contributed by atoms with Crippen molar-refractivity contribution in [3.05, 3.63) is 52.2 Å². The number of ether oxygens (including phenoxy) is 3. The van der Waals surface area contributed by atoms with Crippen LogP contribution in [0.4, 0.5) is 0 Å². The SMILES string of the molecule is COc1c(O)cc2oc(-c3ccc(OCC=C(C)C)cc3)c(OC)c(=O)c2c1O. The van der Waals surface area contributed by atoms with E-state index in [1.807, 2.05) is 19.9 Å². The fourth-order valence-electron chi connectivity index (χ4n) is 2.87. The van der Waals surface area contributed by atoms with Crippen molar-refractivity contribution >= 4 is 11.0 Å². The number of hydrogen-bond acceptors (Lipinski definition) is 7. The van der Waals surface area contributed by atoms with Crippen LogP contribution in [0.2, 0.25) is 0 Å². The summed E-state index contributed by atoms with van der Waals surface area (Å²) in [5, 5.41) is 20.2. The van der Waals surface area contributed by atoms with E-state index in [0.29, 0.717) is 17.9 Å². The van der Waals surface area contributed by atoms with Crippen LogP contribution in [0, 0.1) is 0 Å². The van der Waals surface area contributed by atoms with Crippen molar-refractivity contribution in [3.8, 4) is 40.1 Å². The zero-order valence-electron chi connectivity index (χ0n) is 16.6. The molecule has 1 heterocycles. The van der Waals surface area contributed by atoms with Crippen molar-refractivity contribution in [2.24, 2.45) is 0 Å². The van der Waals surface area contributed by atoms with E-state index < -0.39 is 11.2 Å². The predicted molar refractivity (Wildman–Crippen MR) is 109 cm³/mol. The lowest BCUT2D eigenvalue weighted by molar-refractivity contribution is 0.345. The zero-order valence-corrected chi connectivity index (χ0v) is 16.6. The first kappa shape index (κ1) is 20.1. The van der Waals surface area contributed by atoms with Gasteiger partial charge in [-0.05, 0) is 44.2 Å². The van der Waals surface area contributed by atoms with Crippen LogP contribution in [0.25, 0.3) is 22.3 Å². The van der Waals surface area contributed by atoms with Gasteiger partial charge in [0, 0.05) is 11.6 Å². The minimum atomic E-state index is -0.580. The Morgan fingerprint density at radius 2 is 1.72 bits per heavy atom. The van der Waals surface area contributed by atoms with Crippen LogP contribution in [0.5, 0.6) is 28.7 Å². The summed E-state index contributed by atoms with van der Waals surface area (Å²) in [5.74, 6) is -0.307. The Balaban J connectivity index is 2.10. The highest BCUT2D eigenvalue weighted by molar-refractivity contribution is 5.91.